The van der Waals surface area contributed by atoms with Crippen molar-refractivity contribution in [2.45, 2.75) is 4.90 Å². The molecular weight excluding hydrogens is 436 g/mol. The molecule has 1 N–H and O–H groups in total. The fraction of sp³-hybridized carbons (Fsp3) is 0. The third-order valence-corrected chi connectivity index (χ3v) is 5.51. The molecule has 0 fully saturated rings. The minimum absolute atomic E-state index is 0.0519. The number of benzene rings is 2. The number of halogens is 4. The molecule has 3 nitrogen and oxygen atoms in total. The van der Waals surface area contributed by atoms with Gasteiger partial charge in [-0.1, -0.05) is 27.5 Å². The molecule has 0 aliphatic carbocycles. The van der Waals surface area contributed by atoms with E-state index in [0.29, 0.717) is 4.47 Å². The molecule has 2 aromatic rings. The van der Waals surface area contributed by atoms with E-state index in [9.17, 15) is 12.8 Å². The summed E-state index contributed by atoms with van der Waals surface area (Å²) in [5.41, 5.74) is 0.0988. The van der Waals surface area contributed by atoms with Crippen LogP contribution in [0, 0.1) is 5.82 Å². The van der Waals surface area contributed by atoms with Gasteiger partial charge in [-0.25, -0.2) is 12.8 Å². The third-order valence-electron chi connectivity index (χ3n) is 2.36. The van der Waals surface area contributed by atoms with Crippen molar-refractivity contribution in [3.8, 4) is 0 Å². The molecule has 0 spiro atoms. The van der Waals surface area contributed by atoms with Gasteiger partial charge >= 0.3 is 0 Å². The maximum Gasteiger partial charge on any atom is 0.263 e. The number of sulfonamides is 1. The van der Waals surface area contributed by atoms with Gasteiger partial charge in [0.25, 0.3) is 10.0 Å². The SMILES string of the molecule is O=S(=O)(Nc1ccc(Cl)c(F)c1)c1ccc(Br)cc1Br. The second kappa shape index (κ2) is 6.01. The fourth-order valence-corrected chi connectivity index (χ4v) is 4.38. The molecule has 2 aromatic carbocycles. The van der Waals surface area contributed by atoms with E-state index in [2.05, 4.69) is 36.6 Å². The van der Waals surface area contributed by atoms with E-state index in [-0.39, 0.29) is 15.6 Å². The van der Waals surface area contributed by atoms with Crippen LogP contribution in [-0.2, 0) is 10.0 Å². The van der Waals surface area contributed by atoms with E-state index >= 15 is 0 Å². The zero-order valence-electron chi connectivity index (χ0n) is 9.70. The molecule has 0 aliphatic heterocycles. The van der Waals surface area contributed by atoms with Crippen molar-refractivity contribution in [3.05, 3.63) is 56.2 Å². The van der Waals surface area contributed by atoms with Gasteiger partial charge in [-0.05, 0) is 52.3 Å². The molecular formula is C12H7Br2ClFNO2S. The first kappa shape index (κ1) is 15.8. The molecule has 2 rings (SSSR count). The summed E-state index contributed by atoms with van der Waals surface area (Å²) in [6.07, 6.45) is 0. The van der Waals surface area contributed by atoms with Crippen molar-refractivity contribution < 1.29 is 12.8 Å². The van der Waals surface area contributed by atoms with Gasteiger partial charge in [0.15, 0.2) is 0 Å². The molecule has 0 atom stereocenters. The third kappa shape index (κ3) is 3.52. The van der Waals surface area contributed by atoms with Crippen molar-refractivity contribution in [2.24, 2.45) is 0 Å². The molecule has 0 heterocycles. The summed E-state index contributed by atoms with van der Waals surface area (Å²) in [7, 11) is -3.82. The Balaban J connectivity index is 2.38. The van der Waals surface area contributed by atoms with Gasteiger partial charge in [-0.2, -0.15) is 0 Å². The van der Waals surface area contributed by atoms with Crippen LogP contribution >= 0.6 is 43.5 Å². The van der Waals surface area contributed by atoms with E-state index < -0.39 is 15.8 Å². The Bertz CT molecular complexity index is 768. The highest BCUT2D eigenvalue weighted by Crippen LogP contribution is 2.28. The molecule has 8 heteroatoms. The van der Waals surface area contributed by atoms with Crippen molar-refractivity contribution in [1.29, 1.82) is 0 Å². The molecule has 0 bridgehead atoms. The Morgan fingerprint density at radius 3 is 2.40 bits per heavy atom. The zero-order valence-corrected chi connectivity index (χ0v) is 14.4. The predicted molar refractivity (Wildman–Crippen MR) is 84.1 cm³/mol. The average molecular weight is 444 g/mol. The van der Waals surface area contributed by atoms with Crippen LogP contribution in [0.1, 0.15) is 0 Å². The van der Waals surface area contributed by atoms with E-state index in [4.69, 9.17) is 11.6 Å². The summed E-state index contributed by atoms with van der Waals surface area (Å²) in [6.45, 7) is 0. The first-order chi connectivity index (χ1) is 9.29. The Hall–Kier alpha value is -0.630. The second-order valence-electron chi connectivity index (χ2n) is 3.81. The summed E-state index contributed by atoms with van der Waals surface area (Å²) in [5.74, 6) is -0.693. The normalized spacial score (nSPS) is 11.4. The number of anilines is 1. The topological polar surface area (TPSA) is 46.2 Å². The first-order valence-electron chi connectivity index (χ1n) is 5.22. The molecule has 0 saturated heterocycles. The lowest BCUT2D eigenvalue weighted by atomic mass is 10.3. The Morgan fingerprint density at radius 2 is 1.80 bits per heavy atom. The molecule has 106 valence electrons. The van der Waals surface area contributed by atoms with Crippen molar-refractivity contribution >= 4 is 59.2 Å². The Kier molecular flexibility index (Phi) is 4.73. The molecule has 0 aliphatic rings. The largest absolute Gasteiger partial charge is 0.279 e. The van der Waals surface area contributed by atoms with Gasteiger partial charge in [0.05, 0.1) is 10.7 Å². The summed E-state index contributed by atoms with van der Waals surface area (Å²) in [4.78, 5) is 0.0519. The van der Waals surface area contributed by atoms with E-state index in [0.717, 1.165) is 10.5 Å². The molecule has 0 radical (unpaired) electrons. The highest BCUT2D eigenvalue weighted by Gasteiger charge is 2.18. The fourth-order valence-electron chi connectivity index (χ4n) is 1.46. The van der Waals surface area contributed by atoms with Gasteiger partial charge in [0, 0.05) is 8.95 Å². The number of hydrogen-bond donors (Lipinski definition) is 1. The Morgan fingerprint density at radius 1 is 1.10 bits per heavy atom. The summed E-state index contributed by atoms with van der Waals surface area (Å²) in [5, 5.41) is -0.0715. The van der Waals surface area contributed by atoms with E-state index in [1.54, 1.807) is 12.1 Å². The van der Waals surface area contributed by atoms with Crippen LogP contribution in [0.15, 0.2) is 50.2 Å². The minimum Gasteiger partial charge on any atom is -0.279 e. The van der Waals surface area contributed by atoms with Gasteiger partial charge in [0.1, 0.15) is 10.7 Å². The van der Waals surface area contributed by atoms with Crippen LogP contribution in [0.25, 0.3) is 0 Å². The Labute approximate surface area is 137 Å². The van der Waals surface area contributed by atoms with Crippen molar-refractivity contribution in [1.82, 2.24) is 0 Å². The highest BCUT2D eigenvalue weighted by atomic mass is 79.9. The molecule has 0 unspecified atom stereocenters. The van der Waals surface area contributed by atoms with Crippen molar-refractivity contribution in [3.63, 3.8) is 0 Å². The highest BCUT2D eigenvalue weighted by molar-refractivity contribution is 9.11. The van der Waals surface area contributed by atoms with Crippen LogP contribution in [0.4, 0.5) is 10.1 Å². The molecule has 20 heavy (non-hydrogen) atoms. The average Bonchev–Trinajstić information content (AvgIpc) is 2.33. The quantitative estimate of drug-likeness (QED) is 0.741. The number of nitrogens with one attached hydrogen (secondary N) is 1. The van der Waals surface area contributed by atoms with Crippen LogP contribution in [0.5, 0.6) is 0 Å². The number of hydrogen-bond acceptors (Lipinski definition) is 2. The second-order valence-corrected chi connectivity index (χ2v) is 7.64. The van der Waals surface area contributed by atoms with E-state index in [1.165, 1.54) is 18.2 Å². The van der Waals surface area contributed by atoms with Crippen LogP contribution in [0.2, 0.25) is 5.02 Å². The lowest BCUT2D eigenvalue weighted by Gasteiger charge is -2.10. The summed E-state index contributed by atoms with van der Waals surface area (Å²) in [6, 6.07) is 8.33. The monoisotopic (exact) mass is 441 g/mol. The minimum atomic E-state index is -3.82. The maximum atomic E-state index is 13.3. The molecule has 0 saturated carbocycles. The summed E-state index contributed by atoms with van der Waals surface area (Å²) < 4.78 is 41.2. The van der Waals surface area contributed by atoms with Gasteiger partial charge in [0.2, 0.25) is 0 Å². The lowest BCUT2D eigenvalue weighted by Crippen LogP contribution is -2.13. The van der Waals surface area contributed by atoms with Crippen LogP contribution < -0.4 is 4.72 Å². The van der Waals surface area contributed by atoms with Crippen LogP contribution in [-0.4, -0.2) is 8.42 Å². The standard InChI is InChI=1S/C12H7Br2ClFNO2S/c13-7-1-4-12(9(14)5-7)20(18,19)17-8-2-3-10(15)11(16)6-8/h1-6,17H. The van der Waals surface area contributed by atoms with E-state index in [1.807, 2.05) is 0 Å². The first-order valence-corrected chi connectivity index (χ1v) is 8.67. The number of rotatable bonds is 3. The van der Waals surface area contributed by atoms with Gasteiger partial charge < -0.3 is 0 Å². The van der Waals surface area contributed by atoms with Crippen LogP contribution in [0.3, 0.4) is 0 Å². The lowest BCUT2D eigenvalue weighted by molar-refractivity contribution is 0.600. The molecule has 0 aromatic heterocycles. The van der Waals surface area contributed by atoms with Gasteiger partial charge in [-0.15, -0.1) is 0 Å². The maximum absolute atomic E-state index is 13.3. The summed E-state index contributed by atoms with van der Waals surface area (Å²) >= 11 is 12.0. The van der Waals surface area contributed by atoms with Gasteiger partial charge in [-0.3, -0.25) is 4.72 Å². The molecule has 0 amide bonds. The van der Waals surface area contributed by atoms with Crippen molar-refractivity contribution in [2.75, 3.05) is 4.72 Å². The zero-order chi connectivity index (χ0) is 14.9. The predicted octanol–water partition coefficient (Wildman–Crippen LogP) is 4.80. The smallest absolute Gasteiger partial charge is 0.263 e.